The summed E-state index contributed by atoms with van der Waals surface area (Å²) in [5.74, 6) is 1.74. The molecule has 1 N–H and O–H groups in total. The normalized spacial score (nSPS) is 26.9. The average Bonchev–Trinajstić information content (AvgIpc) is 2.48. The highest BCUT2D eigenvalue weighted by molar-refractivity contribution is 5.14. The van der Waals surface area contributed by atoms with Crippen LogP contribution in [-0.4, -0.2) is 31.6 Å². The van der Waals surface area contributed by atoms with E-state index < -0.39 is 0 Å². The van der Waals surface area contributed by atoms with Crippen LogP contribution in [0.2, 0.25) is 0 Å². The standard InChI is InChI=1S/C18H30N2/c1-4-15-10-11-18(19-2)17(12-15)14-20(3)13-16-8-6-5-7-9-16/h5-9,15,17-19H,4,10-14H2,1-3H3. The fourth-order valence-electron chi connectivity index (χ4n) is 3.67. The summed E-state index contributed by atoms with van der Waals surface area (Å²) in [4.78, 5) is 2.49. The van der Waals surface area contributed by atoms with Crippen molar-refractivity contribution in [3.8, 4) is 0 Å². The molecule has 1 aromatic rings. The van der Waals surface area contributed by atoms with Crippen molar-refractivity contribution < 1.29 is 0 Å². The van der Waals surface area contributed by atoms with E-state index in [2.05, 4.69) is 61.6 Å². The van der Waals surface area contributed by atoms with Crippen LogP contribution in [0.25, 0.3) is 0 Å². The number of hydrogen-bond donors (Lipinski definition) is 1. The van der Waals surface area contributed by atoms with Crippen molar-refractivity contribution in [3.05, 3.63) is 35.9 Å². The van der Waals surface area contributed by atoms with Crippen molar-refractivity contribution in [2.75, 3.05) is 20.6 Å². The molecule has 0 aromatic heterocycles. The lowest BCUT2D eigenvalue weighted by atomic mass is 9.76. The molecule has 2 heteroatoms. The van der Waals surface area contributed by atoms with Crippen LogP contribution in [0.3, 0.4) is 0 Å². The molecule has 1 fully saturated rings. The lowest BCUT2D eigenvalue weighted by Gasteiger charge is -2.38. The van der Waals surface area contributed by atoms with Crippen molar-refractivity contribution in [2.45, 2.75) is 45.2 Å². The lowest BCUT2D eigenvalue weighted by molar-refractivity contribution is 0.153. The van der Waals surface area contributed by atoms with Crippen LogP contribution in [0, 0.1) is 11.8 Å². The zero-order valence-electron chi connectivity index (χ0n) is 13.3. The summed E-state index contributed by atoms with van der Waals surface area (Å²) in [6, 6.07) is 11.5. The van der Waals surface area contributed by atoms with Crippen LogP contribution < -0.4 is 5.32 Å². The molecule has 2 rings (SSSR count). The Morgan fingerprint density at radius 3 is 2.60 bits per heavy atom. The summed E-state index contributed by atoms with van der Waals surface area (Å²) < 4.78 is 0. The molecule has 0 saturated heterocycles. The molecule has 3 atom stereocenters. The van der Waals surface area contributed by atoms with Gasteiger partial charge in [-0.1, -0.05) is 43.7 Å². The highest BCUT2D eigenvalue weighted by Crippen LogP contribution is 2.31. The van der Waals surface area contributed by atoms with Gasteiger partial charge in [0.1, 0.15) is 0 Å². The van der Waals surface area contributed by atoms with E-state index in [0.717, 1.165) is 18.4 Å². The van der Waals surface area contributed by atoms with Crippen molar-refractivity contribution >= 4 is 0 Å². The van der Waals surface area contributed by atoms with Crippen molar-refractivity contribution in [1.29, 1.82) is 0 Å². The third-order valence-corrected chi connectivity index (χ3v) is 4.88. The zero-order valence-corrected chi connectivity index (χ0v) is 13.3. The Bertz CT molecular complexity index is 376. The summed E-state index contributed by atoms with van der Waals surface area (Å²) in [7, 11) is 4.39. The number of hydrogen-bond acceptors (Lipinski definition) is 2. The highest BCUT2D eigenvalue weighted by atomic mass is 15.1. The van der Waals surface area contributed by atoms with Crippen LogP contribution in [-0.2, 0) is 6.54 Å². The quantitative estimate of drug-likeness (QED) is 0.853. The first-order valence-corrected chi connectivity index (χ1v) is 8.12. The van der Waals surface area contributed by atoms with Crippen molar-refractivity contribution in [3.63, 3.8) is 0 Å². The Labute approximate surface area is 124 Å². The predicted molar refractivity (Wildman–Crippen MR) is 86.7 cm³/mol. The highest BCUT2D eigenvalue weighted by Gasteiger charge is 2.29. The van der Waals surface area contributed by atoms with E-state index in [1.165, 1.54) is 37.8 Å². The molecule has 3 unspecified atom stereocenters. The predicted octanol–water partition coefficient (Wildman–Crippen LogP) is 3.53. The van der Waals surface area contributed by atoms with Gasteiger partial charge in [0.25, 0.3) is 0 Å². The van der Waals surface area contributed by atoms with Gasteiger partial charge in [0.15, 0.2) is 0 Å². The van der Waals surface area contributed by atoms with Gasteiger partial charge < -0.3 is 10.2 Å². The second kappa shape index (κ2) is 7.80. The molecule has 1 saturated carbocycles. The van der Waals surface area contributed by atoms with Crippen molar-refractivity contribution in [1.82, 2.24) is 10.2 Å². The van der Waals surface area contributed by atoms with Crippen molar-refractivity contribution in [2.24, 2.45) is 11.8 Å². The molecule has 0 heterocycles. The van der Waals surface area contributed by atoms with Gasteiger partial charge in [-0.15, -0.1) is 0 Å². The van der Waals surface area contributed by atoms with Gasteiger partial charge in [0.2, 0.25) is 0 Å². The smallest absolute Gasteiger partial charge is 0.0230 e. The van der Waals surface area contributed by atoms with Gasteiger partial charge in [-0.05, 0) is 50.8 Å². The fraction of sp³-hybridized carbons (Fsp3) is 0.667. The maximum Gasteiger partial charge on any atom is 0.0230 e. The van der Waals surface area contributed by atoms with Gasteiger partial charge in [0.05, 0.1) is 0 Å². The SMILES string of the molecule is CCC1CCC(NC)C(CN(C)Cc2ccccc2)C1. The second-order valence-electron chi connectivity index (χ2n) is 6.42. The first-order chi connectivity index (χ1) is 9.72. The Balaban J connectivity index is 1.89. The molecule has 20 heavy (non-hydrogen) atoms. The van der Waals surface area contributed by atoms with Crippen LogP contribution in [0.1, 0.15) is 38.2 Å². The van der Waals surface area contributed by atoms with Crippen LogP contribution >= 0.6 is 0 Å². The van der Waals surface area contributed by atoms with E-state index in [1.54, 1.807) is 0 Å². The minimum Gasteiger partial charge on any atom is -0.317 e. The summed E-state index contributed by atoms with van der Waals surface area (Å²) >= 11 is 0. The molecule has 1 aromatic carbocycles. The second-order valence-corrected chi connectivity index (χ2v) is 6.42. The number of nitrogens with zero attached hydrogens (tertiary/aromatic N) is 1. The van der Waals surface area contributed by atoms with E-state index in [0.29, 0.717) is 6.04 Å². The van der Waals surface area contributed by atoms with E-state index >= 15 is 0 Å². The molecule has 1 aliphatic carbocycles. The first kappa shape index (κ1) is 15.5. The van der Waals surface area contributed by atoms with Crippen LogP contribution in [0.15, 0.2) is 30.3 Å². The molecule has 0 amide bonds. The summed E-state index contributed by atoms with van der Waals surface area (Å²) in [5, 5.41) is 3.54. The first-order valence-electron chi connectivity index (χ1n) is 8.12. The summed E-state index contributed by atoms with van der Waals surface area (Å²) in [6.45, 7) is 4.61. The van der Waals surface area contributed by atoms with Gasteiger partial charge in [-0.2, -0.15) is 0 Å². The Kier molecular flexibility index (Phi) is 6.06. The summed E-state index contributed by atoms with van der Waals surface area (Å²) in [6.07, 6.45) is 5.48. The molecule has 0 spiro atoms. The number of benzene rings is 1. The molecule has 0 bridgehead atoms. The molecule has 2 nitrogen and oxygen atoms in total. The summed E-state index contributed by atoms with van der Waals surface area (Å²) in [5.41, 5.74) is 1.42. The van der Waals surface area contributed by atoms with E-state index in [4.69, 9.17) is 0 Å². The Morgan fingerprint density at radius 1 is 1.20 bits per heavy atom. The number of rotatable bonds is 6. The fourth-order valence-corrected chi connectivity index (χ4v) is 3.67. The minimum atomic E-state index is 0.705. The van der Waals surface area contributed by atoms with Gasteiger partial charge in [-0.25, -0.2) is 0 Å². The third kappa shape index (κ3) is 4.32. The Hall–Kier alpha value is -0.860. The van der Waals surface area contributed by atoms with E-state index in [1.807, 2.05) is 0 Å². The molecule has 0 radical (unpaired) electrons. The topological polar surface area (TPSA) is 15.3 Å². The maximum absolute atomic E-state index is 3.54. The Morgan fingerprint density at radius 2 is 1.95 bits per heavy atom. The largest absolute Gasteiger partial charge is 0.317 e. The minimum absolute atomic E-state index is 0.705. The van der Waals surface area contributed by atoms with E-state index in [-0.39, 0.29) is 0 Å². The molecular weight excluding hydrogens is 244 g/mol. The molecular formula is C18H30N2. The third-order valence-electron chi connectivity index (χ3n) is 4.88. The van der Waals surface area contributed by atoms with Gasteiger partial charge >= 0.3 is 0 Å². The van der Waals surface area contributed by atoms with Gasteiger partial charge in [-0.3, -0.25) is 0 Å². The monoisotopic (exact) mass is 274 g/mol. The molecule has 1 aliphatic rings. The lowest BCUT2D eigenvalue weighted by Crippen LogP contribution is -2.43. The zero-order chi connectivity index (χ0) is 14.4. The van der Waals surface area contributed by atoms with E-state index in [9.17, 15) is 0 Å². The molecule has 112 valence electrons. The average molecular weight is 274 g/mol. The molecule has 0 aliphatic heterocycles. The van der Waals surface area contributed by atoms with Crippen LogP contribution in [0.5, 0.6) is 0 Å². The number of nitrogens with one attached hydrogen (secondary N) is 1. The van der Waals surface area contributed by atoms with Gasteiger partial charge in [0, 0.05) is 19.1 Å². The van der Waals surface area contributed by atoms with Crippen LogP contribution in [0.4, 0.5) is 0 Å². The maximum atomic E-state index is 3.54.